The first-order chi connectivity index (χ1) is 16.6. The molecule has 0 bridgehead atoms. The highest BCUT2D eigenvalue weighted by molar-refractivity contribution is 5.92. The Bertz CT molecular complexity index is 1250. The third-order valence-electron chi connectivity index (χ3n) is 5.17. The SMILES string of the molecule is O=C(Oc1cccc(/C=N/NC(=O)C(O)(c2ccccc2)c2ccccc2)c1)c1ccccc1. The van der Waals surface area contributed by atoms with Gasteiger partial charge in [0.1, 0.15) is 5.75 Å². The molecule has 6 nitrogen and oxygen atoms in total. The maximum absolute atomic E-state index is 13.1. The van der Waals surface area contributed by atoms with Crippen LogP contribution in [0.5, 0.6) is 5.75 Å². The third kappa shape index (κ3) is 5.09. The molecule has 0 aliphatic carbocycles. The molecule has 4 aromatic carbocycles. The second-order valence-electron chi connectivity index (χ2n) is 7.47. The van der Waals surface area contributed by atoms with Crippen LogP contribution in [0.15, 0.2) is 120 Å². The van der Waals surface area contributed by atoms with Gasteiger partial charge in [0.15, 0.2) is 5.60 Å². The molecule has 4 aromatic rings. The minimum atomic E-state index is -1.92. The lowest BCUT2D eigenvalue weighted by Crippen LogP contribution is -2.43. The van der Waals surface area contributed by atoms with Crippen molar-refractivity contribution >= 4 is 18.1 Å². The van der Waals surface area contributed by atoms with E-state index < -0.39 is 17.5 Å². The molecule has 0 unspecified atom stereocenters. The number of aliphatic hydroxyl groups is 1. The molecular formula is C28H22N2O4. The second-order valence-corrected chi connectivity index (χ2v) is 7.47. The van der Waals surface area contributed by atoms with Gasteiger partial charge in [0.05, 0.1) is 11.8 Å². The van der Waals surface area contributed by atoms with Gasteiger partial charge in [-0.1, -0.05) is 91.0 Å². The first kappa shape index (κ1) is 22.6. The summed E-state index contributed by atoms with van der Waals surface area (Å²) in [4.78, 5) is 25.3. The first-order valence-corrected chi connectivity index (χ1v) is 10.6. The van der Waals surface area contributed by atoms with Crippen LogP contribution >= 0.6 is 0 Å². The molecule has 0 fully saturated rings. The number of esters is 1. The predicted octanol–water partition coefficient (Wildman–Crippen LogP) is 4.29. The molecular weight excluding hydrogens is 428 g/mol. The van der Waals surface area contributed by atoms with E-state index in [1.165, 1.54) is 6.21 Å². The average Bonchev–Trinajstić information content (AvgIpc) is 2.90. The number of nitrogens with zero attached hydrogens (tertiary/aromatic N) is 1. The molecule has 0 radical (unpaired) electrons. The number of ether oxygens (including phenoxy) is 1. The zero-order valence-corrected chi connectivity index (χ0v) is 18.2. The number of hydrogen-bond donors (Lipinski definition) is 2. The van der Waals surface area contributed by atoms with Crippen molar-refractivity contribution in [3.05, 3.63) is 138 Å². The van der Waals surface area contributed by atoms with Crippen LogP contribution < -0.4 is 10.2 Å². The van der Waals surface area contributed by atoms with Gasteiger partial charge in [-0.25, -0.2) is 10.2 Å². The van der Waals surface area contributed by atoms with Crippen LogP contribution in [0, 0.1) is 0 Å². The Labute approximate surface area is 197 Å². The molecule has 0 aromatic heterocycles. The number of benzene rings is 4. The number of nitrogens with one attached hydrogen (secondary N) is 1. The van der Waals surface area contributed by atoms with Gasteiger partial charge >= 0.3 is 5.97 Å². The largest absolute Gasteiger partial charge is 0.423 e. The van der Waals surface area contributed by atoms with Gasteiger partial charge in [0.25, 0.3) is 5.91 Å². The lowest BCUT2D eigenvalue weighted by Gasteiger charge is -2.27. The van der Waals surface area contributed by atoms with Gasteiger partial charge in [-0.2, -0.15) is 5.10 Å². The van der Waals surface area contributed by atoms with Crippen LogP contribution in [-0.2, 0) is 10.4 Å². The molecule has 4 rings (SSSR count). The standard InChI is InChI=1S/C28H22N2O4/c31-26(22-12-4-1-5-13-22)34-25-18-10-11-21(19-25)20-29-30-27(32)28(33,23-14-6-2-7-15-23)24-16-8-3-9-17-24/h1-20,33H,(H,30,32)/b29-20+. The van der Waals surface area contributed by atoms with Gasteiger partial charge in [-0.05, 0) is 41.0 Å². The Morgan fingerprint density at radius 1 is 0.765 bits per heavy atom. The smallest absolute Gasteiger partial charge is 0.343 e. The summed E-state index contributed by atoms with van der Waals surface area (Å²) in [5.41, 5.74) is 2.38. The Morgan fingerprint density at radius 2 is 1.32 bits per heavy atom. The zero-order valence-electron chi connectivity index (χ0n) is 18.2. The number of hydrogen-bond acceptors (Lipinski definition) is 5. The van der Waals surface area contributed by atoms with Crippen molar-refractivity contribution in [2.24, 2.45) is 5.10 Å². The maximum atomic E-state index is 13.1. The first-order valence-electron chi connectivity index (χ1n) is 10.6. The van der Waals surface area contributed by atoms with E-state index in [0.29, 0.717) is 28.0 Å². The normalized spacial score (nSPS) is 11.2. The number of amides is 1. The van der Waals surface area contributed by atoms with Crippen LogP contribution in [0.3, 0.4) is 0 Å². The van der Waals surface area contributed by atoms with Gasteiger partial charge in [0, 0.05) is 0 Å². The second kappa shape index (κ2) is 10.4. The van der Waals surface area contributed by atoms with Crippen LogP contribution in [0.2, 0.25) is 0 Å². The number of hydrazone groups is 1. The highest BCUT2D eigenvalue weighted by Gasteiger charge is 2.39. The summed E-state index contributed by atoms with van der Waals surface area (Å²) in [5, 5.41) is 15.4. The van der Waals surface area contributed by atoms with Gasteiger partial charge < -0.3 is 9.84 Å². The van der Waals surface area contributed by atoms with Crippen molar-refractivity contribution in [3.63, 3.8) is 0 Å². The van der Waals surface area contributed by atoms with Gasteiger partial charge in [0.2, 0.25) is 0 Å². The fourth-order valence-electron chi connectivity index (χ4n) is 3.43. The molecule has 168 valence electrons. The number of carbonyl (C=O) groups is 2. The fourth-order valence-corrected chi connectivity index (χ4v) is 3.43. The monoisotopic (exact) mass is 450 g/mol. The van der Waals surface area contributed by atoms with E-state index in [2.05, 4.69) is 10.5 Å². The topological polar surface area (TPSA) is 88.0 Å². The van der Waals surface area contributed by atoms with Crippen molar-refractivity contribution in [3.8, 4) is 5.75 Å². The maximum Gasteiger partial charge on any atom is 0.343 e. The van der Waals surface area contributed by atoms with E-state index >= 15 is 0 Å². The van der Waals surface area contributed by atoms with Crippen LogP contribution in [0.1, 0.15) is 27.0 Å². The Kier molecular flexibility index (Phi) is 6.91. The summed E-state index contributed by atoms with van der Waals surface area (Å²) < 4.78 is 5.41. The molecule has 1 amide bonds. The molecule has 0 atom stereocenters. The Balaban J connectivity index is 1.49. The fraction of sp³-hybridized carbons (Fsp3) is 0.0357. The molecule has 0 saturated heterocycles. The van der Waals surface area contributed by atoms with Crippen LogP contribution in [0.4, 0.5) is 0 Å². The van der Waals surface area contributed by atoms with Crippen molar-refractivity contribution in [2.75, 3.05) is 0 Å². The summed E-state index contributed by atoms with van der Waals surface area (Å²) >= 11 is 0. The predicted molar refractivity (Wildman–Crippen MR) is 129 cm³/mol. The number of rotatable bonds is 7. The lowest BCUT2D eigenvalue weighted by molar-refractivity contribution is -0.136. The van der Waals surface area contributed by atoms with E-state index in [9.17, 15) is 14.7 Å². The number of carbonyl (C=O) groups excluding carboxylic acids is 2. The Hall–Kier alpha value is -4.55. The molecule has 0 saturated carbocycles. The Morgan fingerprint density at radius 3 is 1.91 bits per heavy atom. The minimum absolute atomic E-state index is 0.342. The molecule has 0 aliphatic rings. The van der Waals surface area contributed by atoms with Crippen molar-refractivity contribution < 1.29 is 19.4 Å². The zero-order chi connectivity index (χ0) is 23.8. The van der Waals surface area contributed by atoms with Crippen LogP contribution in [-0.4, -0.2) is 23.2 Å². The summed E-state index contributed by atoms with van der Waals surface area (Å²) in [6, 6.07) is 32.8. The molecule has 6 heteroatoms. The molecule has 0 spiro atoms. The van der Waals surface area contributed by atoms with Crippen molar-refractivity contribution in [2.45, 2.75) is 5.60 Å². The molecule has 34 heavy (non-hydrogen) atoms. The summed E-state index contributed by atoms with van der Waals surface area (Å²) in [6.45, 7) is 0. The summed E-state index contributed by atoms with van der Waals surface area (Å²) in [7, 11) is 0. The minimum Gasteiger partial charge on any atom is -0.423 e. The van der Waals surface area contributed by atoms with E-state index in [-0.39, 0.29) is 0 Å². The highest BCUT2D eigenvalue weighted by Crippen LogP contribution is 2.29. The summed E-state index contributed by atoms with van der Waals surface area (Å²) in [6.07, 6.45) is 1.41. The molecule has 0 aliphatic heterocycles. The molecule has 0 heterocycles. The van der Waals surface area contributed by atoms with E-state index in [1.54, 1.807) is 97.1 Å². The lowest BCUT2D eigenvalue weighted by atomic mass is 9.85. The van der Waals surface area contributed by atoms with Gasteiger partial charge in [-0.15, -0.1) is 0 Å². The third-order valence-corrected chi connectivity index (χ3v) is 5.17. The van der Waals surface area contributed by atoms with Crippen molar-refractivity contribution in [1.29, 1.82) is 0 Å². The highest BCUT2D eigenvalue weighted by atomic mass is 16.5. The van der Waals surface area contributed by atoms with E-state index in [0.717, 1.165) is 0 Å². The molecule has 2 N–H and O–H groups in total. The quantitative estimate of drug-likeness (QED) is 0.190. The van der Waals surface area contributed by atoms with E-state index in [1.807, 2.05) is 18.2 Å². The van der Waals surface area contributed by atoms with Gasteiger partial charge in [-0.3, -0.25) is 4.79 Å². The van der Waals surface area contributed by atoms with E-state index in [4.69, 9.17) is 4.74 Å². The summed E-state index contributed by atoms with van der Waals surface area (Å²) in [5.74, 6) is -0.833. The van der Waals surface area contributed by atoms with Crippen LogP contribution in [0.25, 0.3) is 0 Å². The van der Waals surface area contributed by atoms with Crippen molar-refractivity contribution in [1.82, 2.24) is 5.43 Å². The average molecular weight is 450 g/mol.